The van der Waals surface area contributed by atoms with Crippen molar-refractivity contribution in [1.82, 2.24) is 0 Å². The first-order valence-electron chi connectivity index (χ1n) is 8.88. The summed E-state index contributed by atoms with van der Waals surface area (Å²) in [6, 6.07) is 7.90. The molecule has 23 heavy (non-hydrogen) atoms. The first-order chi connectivity index (χ1) is 11.3. The number of ether oxygens (including phenoxy) is 2. The quantitative estimate of drug-likeness (QED) is 0.791. The zero-order chi connectivity index (χ0) is 15.9. The summed E-state index contributed by atoms with van der Waals surface area (Å²) >= 11 is 0. The number of anilines is 1. The van der Waals surface area contributed by atoms with E-state index in [4.69, 9.17) is 9.47 Å². The van der Waals surface area contributed by atoms with E-state index in [0.717, 1.165) is 11.3 Å². The van der Waals surface area contributed by atoms with Gasteiger partial charge in [0.2, 0.25) is 5.91 Å². The molecule has 0 aromatic heterocycles. The van der Waals surface area contributed by atoms with Gasteiger partial charge in [-0.15, -0.1) is 0 Å². The molecule has 1 amide bonds. The van der Waals surface area contributed by atoms with Crippen molar-refractivity contribution in [2.45, 2.75) is 57.7 Å². The normalized spacial score (nSPS) is 18.8. The van der Waals surface area contributed by atoms with E-state index < -0.39 is 0 Å². The third kappa shape index (κ3) is 5.96. The predicted molar refractivity (Wildman–Crippen MR) is 90.3 cm³/mol. The molecule has 2 saturated carbocycles. The summed E-state index contributed by atoms with van der Waals surface area (Å²) < 4.78 is 11.4. The highest BCUT2D eigenvalue weighted by molar-refractivity contribution is 5.91. The number of hydrogen-bond acceptors (Lipinski definition) is 3. The number of rotatable bonds is 8. The van der Waals surface area contributed by atoms with Crippen LogP contribution in [0.25, 0.3) is 0 Å². The van der Waals surface area contributed by atoms with E-state index in [1.54, 1.807) is 0 Å². The minimum Gasteiger partial charge on any atom is -0.374 e. The maximum atomic E-state index is 11.9. The molecular weight excluding hydrogens is 290 g/mol. The van der Waals surface area contributed by atoms with E-state index in [-0.39, 0.29) is 12.5 Å². The van der Waals surface area contributed by atoms with Gasteiger partial charge in [-0.2, -0.15) is 0 Å². The Balaban J connectivity index is 1.41. The van der Waals surface area contributed by atoms with Crippen LogP contribution in [0.4, 0.5) is 5.69 Å². The van der Waals surface area contributed by atoms with Gasteiger partial charge < -0.3 is 14.8 Å². The van der Waals surface area contributed by atoms with Gasteiger partial charge in [0.1, 0.15) is 6.61 Å². The van der Waals surface area contributed by atoms with Crippen molar-refractivity contribution < 1.29 is 14.3 Å². The Morgan fingerprint density at radius 1 is 1.13 bits per heavy atom. The summed E-state index contributed by atoms with van der Waals surface area (Å²) in [5.74, 6) is 0.596. The summed E-state index contributed by atoms with van der Waals surface area (Å²) in [6.07, 6.45) is 9.13. The lowest BCUT2D eigenvalue weighted by Gasteiger charge is -2.22. The van der Waals surface area contributed by atoms with Gasteiger partial charge in [-0.1, -0.05) is 31.4 Å². The Hall–Kier alpha value is -1.39. The van der Waals surface area contributed by atoms with Crippen LogP contribution in [-0.4, -0.2) is 25.2 Å². The van der Waals surface area contributed by atoms with Crippen molar-refractivity contribution in [1.29, 1.82) is 0 Å². The van der Waals surface area contributed by atoms with Gasteiger partial charge in [0.25, 0.3) is 0 Å². The Bertz CT molecular complexity index is 507. The molecule has 1 aromatic rings. The van der Waals surface area contributed by atoms with Gasteiger partial charge >= 0.3 is 0 Å². The van der Waals surface area contributed by atoms with Crippen LogP contribution in [0.15, 0.2) is 24.3 Å². The molecule has 0 saturated heterocycles. The van der Waals surface area contributed by atoms with Crippen LogP contribution < -0.4 is 5.32 Å². The Kier molecular flexibility index (Phi) is 6.06. The maximum Gasteiger partial charge on any atom is 0.250 e. The zero-order valence-electron chi connectivity index (χ0n) is 13.8. The van der Waals surface area contributed by atoms with E-state index >= 15 is 0 Å². The molecule has 0 bridgehead atoms. The molecule has 4 heteroatoms. The second-order valence-electron chi connectivity index (χ2n) is 6.78. The summed E-state index contributed by atoms with van der Waals surface area (Å²) in [7, 11) is 0. The fourth-order valence-electron chi connectivity index (χ4n) is 2.98. The SMILES string of the molecule is O=C(COCC1CC1)Nc1cccc(COC2CCCCC2)c1. The first-order valence-corrected chi connectivity index (χ1v) is 8.88. The lowest BCUT2D eigenvalue weighted by Crippen LogP contribution is -2.19. The topological polar surface area (TPSA) is 47.6 Å². The minimum atomic E-state index is -0.0870. The second-order valence-corrected chi connectivity index (χ2v) is 6.78. The van der Waals surface area contributed by atoms with Gasteiger partial charge in [-0.3, -0.25) is 4.79 Å². The summed E-state index contributed by atoms with van der Waals surface area (Å²) in [4.78, 5) is 11.9. The van der Waals surface area contributed by atoms with Crippen molar-refractivity contribution in [2.75, 3.05) is 18.5 Å². The van der Waals surface area contributed by atoms with Gasteiger partial charge in [0, 0.05) is 5.69 Å². The largest absolute Gasteiger partial charge is 0.374 e. The van der Waals surface area contributed by atoms with Crippen LogP contribution in [0.5, 0.6) is 0 Å². The van der Waals surface area contributed by atoms with Crippen LogP contribution in [0.2, 0.25) is 0 Å². The molecular formula is C19H27NO3. The van der Waals surface area contributed by atoms with E-state index in [1.165, 1.54) is 44.9 Å². The highest BCUT2D eigenvalue weighted by Crippen LogP contribution is 2.28. The molecule has 0 spiro atoms. The minimum absolute atomic E-state index is 0.0870. The monoisotopic (exact) mass is 317 g/mol. The first kappa shape index (κ1) is 16.5. The lowest BCUT2D eigenvalue weighted by molar-refractivity contribution is -0.120. The average Bonchev–Trinajstić information content (AvgIpc) is 3.39. The van der Waals surface area contributed by atoms with Crippen LogP contribution in [0.3, 0.4) is 0 Å². The molecule has 0 aliphatic heterocycles. The fourth-order valence-corrected chi connectivity index (χ4v) is 2.98. The lowest BCUT2D eigenvalue weighted by atomic mass is 9.98. The van der Waals surface area contributed by atoms with Gasteiger partial charge in [-0.05, 0) is 49.3 Å². The third-order valence-electron chi connectivity index (χ3n) is 4.53. The summed E-state index contributed by atoms with van der Waals surface area (Å²) in [5.41, 5.74) is 1.92. The predicted octanol–water partition coefficient (Wildman–Crippen LogP) is 3.90. The molecule has 4 nitrogen and oxygen atoms in total. The number of carbonyl (C=O) groups excluding carboxylic acids is 1. The summed E-state index contributed by atoms with van der Waals surface area (Å²) in [6.45, 7) is 1.47. The molecule has 1 N–H and O–H groups in total. The number of amides is 1. The maximum absolute atomic E-state index is 11.9. The van der Waals surface area contributed by atoms with E-state index in [0.29, 0.717) is 25.2 Å². The van der Waals surface area contributed by atoms with Crippen molar-refractivity contribution in [2.24, 2.45) is 5.92 Å². The molecule has 0 radical (unpaired) electrons. The average molecular weight is 317 g/mol. The number of benzene rings is 1. The van der Waals surface area contributed by atoms with Crippen LogP contribution >= 0.6 is 0 Å². The van der Waals surface area contributed by atoms with Crippen molar-refractivity contribution in [3.05, 3.63) is 29.8 Å². The number of hydrogen-bond donors (Lipinski definition) is 1. The molecule has 2 fully saturated rings. The molecule has 2 aliphatic rings. The number of nitrogens with one attached hydrogen (secondary N) is 1. The molecule has 1 aromatic carbocycles. The molecule has 0 atom stereocenters. The van der Waals surface area contributed by atoms with E-state index in [1.807, 2.05) is 24.3 Å². The Labute approximate surface area is 138 Å². The molecule has 3 rings (SSSR count). The molecule has 2 aliphatic carbocycles. The van der Waals surface area contributed by atoms with Crippen LogP contribution in [-0.2, 0) is 20.9 Å². The molecule has 126 valence electrons. The standard InChI is InChI=1S/C19H27NO3/c21-19(14-22-12-15-9-10-15)20-17-6-4-5-16(11-17)13-23-18-7-2-1-3-8-18/h4-6,11,15,18H,1-3,7-10,12-14H2,(H,20,21). The highest BCUT2D eigenvalue weighted by Gasteiger charge is 2.21. The van der Waals surface area contributed by atoms with Crippen molar-refractivity contribution >= 4 is 11.6 Å². The summed E-state index contributed by atoms with van der Waals surface area (Å²) in [5, 5.41) is 2.89. The number of carbonyl (C=O) groups is 1. The van der Waals surface area contributed by atoms with Crippen LogP contribution in [0.1, 0.15) is 50.5 Å². The zero-order valence-corrected chi connectivity index (χ0v) is 13.8. The van der Waals surface area contributed by atoms with Crippen molar-refractivity contribution in [3.63, 3.8) is 0 Å². The van der Waals surface area contributed by atoms with Crippen molar-refractivity contribution in [3.8, 4) is 0 Å². The van der Waals surface area contributed by atoms with Crippen LogP contribution in [0, 0.1) is 5.92 Å². The van der Waals surface area contributed by atoms with E-state index in [9.17, 15) is 4.79 Å². The highest BCUT2D eigenvalue weighted by atomic mass is 16.5. The Morgan fingerprint density at radius 3 is 2.74 bits per heavy atom. The van der Waals surface area contributed by atoms with E-state index in [2.05, 4.69) is 5.32 Å². The third-order valence-corrected chi connectivity index (χ3v) is 4.53. The fraction of sp³-hybridized carbons (Fsp3) is 0.632. The van der Waals surface area contributed by atoms with Gasteiger partial charge in [-0.25, -0.2) is 0 Å². The second kappa shape index (κ2) is 8.46. The Morgan fingerprint density at radius 2 is 1.96 bits per heavy atom. The molecule has 0 unspecified atom stereocenters. The molecule has 0 heterocycles. The smallest absolute Gasteiger partial charge is 0.250 e. The van der Waals surface area contributed by atoms with Gasteiger partial charge in [0.15, 0.2) is 0 Å². The van der Waals surface area contributed by atoms with Gasteiger partial charge in [0.05, 0.1) is 19.3 Å².